The quantitative estimate of drug-likeness (QED) is 0.485. The van der Waals surface area contributed by atoms with Gasteiger partial charge in [0.25, 0.3) is 5.91 Å². The van der Waals surface area contributed by atoms with Crippen LogP contribution in [0.3, 0.4) is 0 Å². The van der Waals surface area contributed by atoms with E-state index in [4.69, 9.17) is 0 Å². The van der Waals surface area contributed by atoms with Gasteiger partial charge in [0.15, 0.2) is 0 Å². The van der Waals surface area contributed by atoms with Crippen molar-refractivity contribution in [2.24, 2.45) is 7.05 Å². The molecule has 0 spiro atoms. The molecular weight excluding hydrogens is 434 g/mol. The zero-order valence-corrected chi connectivity index (χ0v) is 19.4. The molecule has 4 aromatic rings. The summed E-state index contributed by atoms with van der Waals surface area (Å²) in [6.07, 6.45) is 11.2. The number of aromatic nitrogens is 5. The van der Waals surface area contributed by atoms with Gasteiger partial charge in [-0.1, -0.05) is 0 Å². The molecule has 0 radical (unpaired) electrons. The molecule has 168 valence electrons. The van der Waals surface area contributed by atoms with Crippen molar-refractivity contribution in [3.63, 3.8) is 0 Å². The zero-order valence-electron chi connectivity index (χ0n) is 18.6. The van der Waals surface area contributed by atoms with Crippen LogP contribution in [0.4, 0.5) is 5.82 Å². The van der Waals surface area contributed by atoms with Crippen molar-refractivity contribution in [3.05, 3.63) is 60.8 Å². The summed E-state index contributed by atoms with van der Waals surface area (Å²) in [5.41, 5.74) is 3.29. The first kappa shape index (κ1) is 21.5. The van der Waals surface area contributed by atoms with Crippen LogP contribution in [0.2, 0.25) is 0 Å². The molecule has 1 aliphatic heterocycles. The number of amides is 1. The Kier molecular flexibility index (Phi) is 6.06. The van der Waals surface area contributed by atoms with Gasteiger partial charge in [-0.3, -0.25) is 14.5 Å². The van der Waals surface area contributed by atoms with Crippen molar-refractivity contribution in [1.82, 2.24) is 29.6 Å². The summed E-state index contributed by atoms with van der Waals surface area (Å²) >= 11 is 1.76. The minimum Gasteiger partial charge on any atom is -0.307 e. The number of anilines is 1. The van der Waals surface area contributed by atoms with E-state index >= 15 is 0 Å². The maximum Gasteiger partial charge on any atom is 0.256 e. The highest BCUT2D eigenvalue weighted by atomic mass is 32.2. The molecule has 1 amide bonds. The predicted octanol–water partition coefficient (Wildman–Crippen LogP) is 3.86. The first-order valence-electron chi connectivity index (χ1n) is 10.9. The highest BCUT2D eigenvalue weighted by molar-refractivity contribution is 7.99. The fourth-order valence-corrected chi connectivity index (χ4v) is 5.01. The molecule has 0 aromatic carbocycles. The number of pyridine rings is 3. The number of nitrogens with zero attached hydrogens (tertiary/aromatic N) is 6. The summed E-state index contributed by atoms with van der Waals surface area (Å²) in [7, 11) is 4.03. The van der Waals surface area contributed by atoms with Crippen LogP contribution >= 0.6 is 11.8 Å². The number of thioether (sulfide) groups is 1. The van der Waals surface area contributed by atoms with Gasteiger partial charge in [0.1, 0.15) is 5.82 Å². The lowest BCUT2D eigenvalue weighted by atomic mass is 10.1. The molecule has 4 aromatic heterocycles. The average Bonchev–Trinajstić information content (AvgIpc) is 3.26. The molecule has 9 heteroatoms. The van der Waals surface area contributed by atoms with Gasteiger partial charge in [-0.2, -0.15) is 5.10 Å². The molecule has 0 bridgehead atoms. The molecule has 0 aliphatic carbocycles. The average molecular weight is 460 g/mol. The molecule has 0 atom stereocenters. The van der Waals surface area contributed by atoms with Gasteiger partial charge in [0.05, 0.1) is 22.9 Å². The lowest BCUT2D eigenvalue weighted by molar-refractivity contribution is 0.102. The second kappa shape index (κ2) is 9.29. The fourth-order valence-electron chi connectivity index (χ4n) is 3.90. The van der Waals surface area contributed by atoms with Gasteiger partial charge < -0.3 is 10.2 Å². The number of carbonyl (C=O) groups excluding carboxylic acids is 1. The van der Waals surface area contributed by atoms with Crippen molar-refractivity contribution in [3.8, 4) is 11.1 Å². The van der Waals surface area contributed by atoms with Crippen LogP contribution in [0.1, 0.15) is 23.2 Å². The van der Waals surface area contributed by atoms with E-state index < -0.39 is 0 Å². The van der Waals surface area contributed by atoms with E-state index in [1.165, 1.54) is 0 Å². The van der Waals surface area contributed by atoms with Crippen molar-refractivity contribution in [2.45, 2.75) is 23.1 Å². The van der Waals surface area contributed by atoms with E-state index in [0.29, 0.717) is 16.6 Å². The second-order valence-electron chi connectivity index (χ2n) is 8.35. The molecule has 1 saturated heterocycles. The van der Waals surface area contributed by atoms with Crippen LogP contribution in [0.25, 0.3) is 22.0 Å². The lowest BCUT2D eigenvalue weighted by Gasteiger charge is -2.28. The molecule has 1 N–H and O–H groups in total. The number of hydrogen-bond donors (Lipinski definition) is 1. The topological polar surface area (TPSA) is 88.8 Å². The molecule has 0 unspecified atom stereocenters. The van der Waals surface area contributed by atoms with Gasteiger partial charge in [-0.05, 0) is 57.2 Å². The summed E-state index contributed by atoms with van der Waals surface area (Å²) in [4.78, 5) is 28.6. The first-order chi connectivity index (χ1) is 16.0. The first-order valence-corrected chi connectivity index (χ1v) is 11.8. The smallest absolute Gasteiger partial charge is 0.256 e. The second-order valence-corrected chi connectivity index (χ2v) is 9.67. The van der Waals surface area contributed by atoms with E-state index in [2.05, 4.69) is 37.3 Å². The normalized spacial score (nSPS) is 15.1. The van der Waals surface area contributed by atoms with Crippen molar-refractivity contribution < 1.29 is 4.79 Å². The number of aryl methyl sites for hydroxylation is 1. The van der Waals surface area contributed by atoms with E-state index in [0.717, 1.165) is 53.0 Å². The van der Waals surface area contributed by atoms with Crippen LogP contribution in [-0.4, -0.2) is 60.9 Å². The Balaban J connectivity index is 1.31. The van der Waals surface area contributed by atoms with Gasteiger partial charge in [0, 0.05) is 53.0 Å². The number of piperidine rings is 1. The third-order valence-corrected chi connectivity index (χ3v) is 7.07. The maximum atomic E-state index is 12.9. The van der Waals surface area contributed by atoms with Crippen LogP contribution in [0.15, 0.2) is 60.3 Å². The summed E-state index contributed by atoms with van der Waals surface area (Å²) in [5.74, 6) is 0.282. The van der Waals surface area contributed by atoms with E-state index in [9.17, 15) is 4.79 Å². The summed E-state index contributed by atoms with van der Waals surface area (Å²) in [5, 5.41) is 9.45. The number of nitrogens with one attached hydrogen (secondary N) is 1. The molecule has 1 fully saturated rings. The third-order valence-electron chi connectivity index (χ3n) is 5.80. The predicted molar refractivity (Wildman–Crippen MR) is 130 cm³/mol. The molecular formula is C24H25N7OS. The number of likely N-dealkylation sites (tertiary alicyclic amines) is 1. The standard InChI is InChI=1S/C24H25N7OS/c1-30-7-4-20(5-8-30)33-23-11-16(3-6-25-23)24(32)29-22-10-17-9-18(12-26-21(17)14-27-22)19-13-28-31(2)15-19/h3,6,9-15,20H,4-5,7-8H2,1-2H3,(H,27,29,32). The summed E-state index contributed by atoms with van der Waals surface area (Å²) in [6, 6.07) is 7.47. The zero-order chi connectivity index (χ0) is 22.8. The van der Waals surface area contributed by atoms with E-state index in [-0.39, 0.29) is 5.91 Å². The minimum atomic E-state index is -0.203. The fraction of sp³-hybridized carbons (Fsp3) is 0.292. The Morgan fingerprint density at radius 1 is 1.03 bits per heavy atom. The molecule has 1 aliphatic rings. The van der Waals surface area contributed by atoms with E-state index in [1.54, 1.807) is 47.3 Å². The number of fused-ring (bicyclic) bond motifs is 1. The maximum absolute atomic E-state index is 12.9. The van der Waals surface area contributed by atoms with Gasteiger partial charge in [0.2, 0.25) is 0 Å². The number of rotatable bonds is 5. The Morgan fingerprint density at radius 2 is 1.88 bits per heavy atom. The van der Waals surface area contributed by atoms with Crippen LogP contribution in [0.5, 0.6) is 0 Å². The lowest BCUT2D eigenvalue weighted by Crippen LogP contribution is -2.31. The van der Waals surface area contributed by atoms with Crippen LogP contribution in [-0.2, 0) is 7.05 Å². The third kappa shape index (κ3) is 5.04. The highest BCUT2D eigenvalue weighted by Gasteiger charge is 2.19. The molecule has 5 rings (SSSR count). The largest absolute Gasteiger partial charge is 0.307 e. The SMILES string of the molecule is CN1CCC(Sc2cc(C(=O)Nc3cc4cc(-c5cnn(C)c5)cnc4cn3)ccn2)CC1. The Bertz CT molecular complexity index is 1300. The summed E-state index contributed by atoms with van der Waals surface area (Å²) < 4.78 is 1.76. The number of hydrogen-bond acceptors (Lipinski definition) is 7. The van der Waals surface area contributed by atoms with Crippen LogP contribution in [0, 0.1) is 0 Å². The van der Waals surface area contributed by atoms with Crippen LogP contribution < -0.4 is 5.32 Å². The van der Waals surface area contributed by atoms with E-state index in [1.807, 2.05) is 31.4 Å². The van der Waals surface area contributed by atoms with Gasteiger partial charge in [-0.25, -0.2) is 9.97 Å². The van der Waals surface area contributed by atoms with Gasteiger partial charge >= 0.3 is 0 Å². The number of carbonyl (C=O) groups is 1. The Labute approximate surface area is 196 Å². The Hall–Kier alpha value is -3.30. The molecule has 33 heavy (non-hydrogen) atoms. The monoisotopic (exact) mass is 459 g/mol. The molecule has 0 saturated carbocycles. The Morgan fingerprint density at radius 3 is 2.67 bits per heavy atom. The van der Waals surface area contributed by atoms with Crippen molar-refractivity contribution in [1.29, 1.82) is 0 Å². The molecule has 5 heterocycles. The van der Waals surface area contributed by atoms with Crippen molar-refractivity contribution >= 4 is 34.4 Å². The molecule has 8 nitrogen and oxygen atoms in total. The minimum absolute atomic E-state index is 0.203. The van der Waals surface area contributed by atoms with Crippen molar-refractivity contribution in [2.75, 3.05) is 25.5 Å². The summed E-state index contributed by atoms with van der Waals surface area (Å²) in [6.45, 7) is 2.20. The van der Waals surface area contributed by atoms with Gasteiger partial charge in [-0.15, -0.1) is 11.8 Å². The highest BCUT2D eigenvalue weighted by Crippen LogP contribution is 2.29.